The molecule has 0 spiro atoms. The number of hydrogen-bond acceptors (Lipinski definition) is 2. The van der Waals surface area contributed by atoms with E-state index >= 15 is 0 Å². The van der Waals surface area contributed by atoms with E-state index in [2.05, 4.69) is 51.9 Å². The van der Waals surface area contributed by atoms with E-state index in [9.17, 15) is 0 Å². The zero-order chi connectivity index (χ0) is 18.0. The first kappa shape index (κ1) is 17.6. The highest BCUT2D eigenvalue weighted by molar-refractivity contribution is 5.36. The number of allylic oxidation sites excluding steroid dienone is 4. The van der Waals surface area contributed by atoms with Gasteiger partial charge in [-0.3, -0.25) is 0 Å². The van der Waals surface area contributed by atoms with Crippen LogP contribution in [0.25, 0.3) is 0 Å². The minimum Gasteiger partial charge on any atom is -0.402 e. The molecule has 0 bridgehead atoms. The monoisotopic (exact) mass is 342 g/mol. The molecule has 0 aliphatic heterocycles. The van der Waals surface area contributed by atoms with Crippen LogP contribution in [-0.4, -0.2) is 25.0 Å². The molecule has 140 valence electrons. The van der Waals surface area contributed by atoms with Gasteiger partial charge in [-0.15, -0.1) is 0 Å². The Morgan fingerprint density at radius 1 is 1.12 bits per heavy atom. The lowest BCUT2D eigenvalue weighted by Gasteiger charge is -2.57. The molecular weight excluding hydrogens is 304 g/mol. The lowest BCUT2D eigenvalue weighted by Crippen LogP contribution is -2.51. The lowest BCUT2D eigenvalue weighted by atomic mass is 9.47. The molecule has 4 aliphatic carbocycles. The molecule has 0 heterocycles. The van der Waals surface area contributed by atoms with Crippen LogP contribution in [0, 0.1) is 34.5 Å². The Morgan fingerprint density at radius 3 is 2.60 bits per heavy atom. The summed E-state index contributed by atoms with van der Waals surface area (Å²) in [5.74, 6) is 3.58. The van der Waals surface area contributed by atoms with Gasteiger partial charge in [0, 0.05) is 11.7 Å². The second-order valence-corrected chi connectivity index (χ2v) is 10.3. The van der Waals surface area contributed by atoms with Crippen LogP contribution < -0.4 is 5.73 Å². The van der Waals surface area contributed by atoms with Crippen LogP contribution in [0.5, 0.6) is 0 Å². The second-order valence-electron chi connectivity index (χ2n) is 10.3. The molecule has 2 fully saturated rings. The van der Waals surface area contributed by atoms with E-state index in [1.807, 2.05) is 0 Å². The molecule has 7 unspecified atom stereocenters. The summed E-state index contributed by atoms with van der Waals surface area (Å²) in [4.78, 5) is 2.46. The molecule has 25 heavy (non-hydrogen) atoms. The van der Waals surface area contributed by atoms with Crippen molar-refractivity contribution >= 4 is 0 Å². The van der Waals surface area contributed by atoms with Crippen molar-refractivity contribution in [3.63, 3.8) is 0 Å². The van der Waals surface area contributed by atoms with E-state index in [1.54, 1.807) is 5.57 Å². The smallest absolute Gasteiger partial charge is 0.00944 e. The average Bonchev–Trinajstić information content (AvgIpc) is 2.92. The zero-order valence-electron chi connectivity index (χ0n) is 17.0. The molecule has 2 heteroatoms. The minimum atomic E-state index is 0.387. The van der Waals surface area contributed by atoms with E-state index in [-0.39, 0.29) is 0 Å². The van der Waals surface area contributed by atoms with E-state index < -0.39 is 0 Å². The molecule has 7 atom stereocenters. The molecule has 2 N–H and O–H groups in total. The predicted molar refractivity (Wildman–Crippen MR) is 106 cm³/mol. The molecule has 4 aliphatic rings. The Morgan fingerprint density at radius 2 is 1.88 bits per heavy atom. The fourth-order valence-electron chi connectivity index (χ4n) is 7.54. The molecule has 0 aromatic rings. The van der Waals surface area contributed by atoms with Gasteiger partial charge >= 0.3 is 0 Å². The van der Waals surface area contributed by atoms with Crippen molar-refractivity contribution in [1.29, 1.82) is 0 Å². The van der Waals surface area contributed by atoms with Crippen molar-refractivity contribution < 1.29 is 0 Å². The number of hydrogen-bond donors (Lipinski definition) is 1. The maximum absolute atomic E-state index is 6.17. The average molecular weight is 343 g/mol. The number of rotatable bonds is 2. The molecule has 2 saturated carbocycles. The highest BCUT2D eigenvalue weighted by atomic mass is 15.1. The third-order valence-electron chi connectivity index (χ3n) is 9.27. The topological polar surface area (TPSA) is 29.3 Å². The van der Waals surface area contributed by atoms with Gasteiger partial charge in [0.15, 0.2) is 0 Å². The van der Waals surface area contributed by atoms with Crippen molar-refractivity contribution in [2.45, 2.75) is 71.8 Å². The Bertz CT molecular complexity index is 603. The fraction of sp³-hybridized carbons (Fsp3) is 0.826. The van der Waals surface area contributed by atoms with Gasteiger partial charge in [-0.25, -0.2) is 0 Å². The first-order valence-electron chi connectivity index (χ1n) is 10.6. The summed E-state index contributed by atoms with van der Waals surface area (Å²) in [6, 6.07) is 0.703. The van der Waals surface area contributed by atoms with Crippen molar-refractivity contribution in [3.05, 3.63) is 23.4 Å². The van der Waals surface area contributed by atoms with Crippen molar-refractivity contribution in [2.24, 2.45) is 40.2 Å². The Labute approximate surface area is 154 Å². The number of nitrogens with two attached hydrogens (primary N) is 1. The normalized spacial score (nSPS) is 47.4. The molecule has 0 amide bonds. The van der Waals surface area contributed by atoms with Crippen LogP contribution in [0.15, 0.2) is 23.4 Å². The van der Waals surface area contributed by atoms with Gasteiger partial charge < -0.3 is 10.6 Å². The van der Waals surface area contributed by atoms with E-state index in [0.717, 1.165) is 35.8 Å². The van der Waals surface area contributed by atoms with E-state index in [1.165, 1.54) is 38.5 Å². The Hall–Kier alpha value is -0.760. The van der Waals surface area contributed by atoms with Crippen LogP contribution in [0.3, 0.4) is 0 Å². The van der Waals surface area contributed by atoms with Crippen LogP contribution in [0.2, 0.25) is 0 Å². The maximum Gasteiger partial charge on any atom is 0.00944 e. The molecule has 4 rings (SSSR count). The second kappa shape index (κ2) is 5.87. The van der Waals surface area contributed by atoms with Crippen molar-refractivity contribution in [3.8, 4) is 0 Å². The zero-order valence-corrected chi connectivity index (χ0v) is 17.0. The molecular formula is C23H38N2. The van der Waals surface area contributed by atoms with Crippen LogP contribution >= 0.6 is 0 Å². The predicted octanol–water partition coefficient (Wildman–Crippen LogP) is 4.97. The van der Waals surface area contributed by atoms with Crippen LogP contribution in [0.4, 0.5) is 0 Å². The van der Waals surface area contributed by atoms with Gasteiger partial charge in [-0.05, 0) is 112 Å². The van der Waals surface area contributed by atoms with E-state index in [4.69, 9.17) is 5.73 Å². The maximum atomic E-state index is 6.17. The third-order valence-corrected chi connectivity index (χ3v) is 9.27. The van der Waals surface area contributed by atoms with Crippen LogP contribution in [-0.2, 0) is 0 Å². The minimum absolute atomic E-state index is 0.387. The fourth-order valence-corrected chi connectivity index (χ4v) is 7.54. The third kappa shape index (κ3) is 2.46. The first-order chi connectivity index (χ1) is 11.8. The highest BCUT2D eigenvalue weighted by Gasteiger charge is 2.58. The van der Waals surface area contributed by atoms with Crippen LogP contribution in [0.1, 0.15) is 65.7 Å². The van der Waals surface area contributed by atoms with Gasteiger partial charge in [-0.1, -0.05) is 19.9 Å². The largest absolute Gasteiger partial charge is 0.402 e. The molecule has 0 aromatic heterocycles. The highest BCUT2D eigenvalue weighted by Crippen LogP contribution is 2.66. The summed E-state index contributed by atoms with van der Waals surface area (Å²) in [7, 11) is 4.53. The van der Waals surface area contributed by atoms with Gasteiger partial charge in [-0.2, -0.15) is 0 Å². The number of nitrogens with zero attached hydrogens (tertiary/aromatic N) is 1. The first-order valence-corrected chi connectivity index (χ1v) is 10.6. The molecule has 0 radical (unpaired) electrons. The molecule has 0 saturated heterocycles. The van der Waals surface area contributed by atoms with Gasteiger partial charge in [0.25, 0.3) is 0 Å². The SMILES string of the molecule is CC(C1CCC2C3CC=C4C=C(N)CCC4(C)C3CCC21C)N(C)C. The summed E-state index contributed by atoms with van der Waals surface area (Å²) >= 11 is 0. The summed E-state index contributed by atoms with van der Waals surface area (Å²) in [5.41, 5.74) is 9.78. The van der Waals surface area contributed by atoms with Crippen molar-refractivity contribution in [1.82, 2.24) is 4.90 Å². The Balaban J connectivity index is 1.64. The molecule has 2 nitrogen and oxygen atoms in total. The van der Waals surface area contributed by atoms with Gasteiger partial charge in [0.2, 0.25) is 0 Å². The summed E-state index contributed by atoms with van der Waals surface area (Å²) in [6.45, 7) is 7.65. The number of fused-ring (bicyclic) bond motifs is 5. The Kier molecular flexibility index (Phi) is 4.15. The van der Waals surface area contributed by atoms with Gasteiger partial charge in [0.1, 0.15) is 0 Å². The van der Waals surface area contributed by atoms with E-state index in [0.29, 0.717) is 16.9 Å². The summed E-state index contributed by atoms with van der Waals surface area (Å²) < 4.78 is 0. The van der Waals surface area contributed by atoms with Gasteiger partial charge in [0.05, 0.1) is 0 Å². The summed E-state index contributed by atoms with van der Waals surface area (Å²) in [5, 5.41) is 0. The lowest BCUT2D eigenvalue weighted by molar-refractivity contribution is -0.0473. The standard InChI is InChI=1S/C23H38N2/c1-15(25(4)5)19-8-9-20-18-7-6-16-14-17(24)10-12-22(16,2)21(18)11-13-23(19,20)3/h6,14-15,18-21H,7-13,24H2,1-5H3. The summed E-state index contributed by atoms with van der Waals surface area (Å²) in [6.07, 6.45) is 14.3. The quantitative estimate of drug-likeness (QED) is 0.768. The molecule has 0 aromatic carbocycles. The van der Waals surface area contributed by atoms with Crippen molar-refractivity contribution in [2.75, 3.05) is 14.1 Å².